The van der Waals surface area contributed by atoms with E-state index in [0.29, 0.717) is 0 Å². The highest BCUT2D eigenvalue weighted by molar-refractivity contribution is 14.1. The zero-order chi connectivity index (χ0) is 16.4. The third-order valence-corrected chi connectivity index (χ3v) is 3.18. The van der Waals surface area contributed by atoms with Crippen LogP contribution in [-0.2, 0) is 4.79 Å². The summed E-state index contributed by atoms with van der Waals surface area (Å²) in [4.78, 5) is 11.5. The number of amides is 1. The van der Waals surface area contributed by atoms with E-state index < -0.39 is 28.8 Å². The molecule has 0 bridgehead atoms. The van der Waals surface area contributed by atoms with Gasteiger partial charge < -0.3 is 20.6 Å². The number of halogens is 1. The van der Waals surface area contributed by atoms with Crippen molar-refractivity contribution in [3.8, 4) is 0 Å². The Morgan fingerprint density at radius 2 is 1.55 bits per heavy atom. The van der Waals surface area contributed by atoms with Crippen molar-refractivity contribution < 1.29 is 20.1 Å². The van der Waals surface area contributed by atoms with Crippen LogP contribution in [0, 0.1) is 5.92 Å². The Kier molecular flexibility index (Phi) is 12.0. The molecule has 122 valence electrons. The van der Waals surface area contributed by atoms with E-state index in [-0.39, 0.29) is 5.91 Å². The van der Waals surface area contributed by atoms with Gasteiger partial charge >= 0.3 is 0 Å². The predicted octanol–water partition coefficient (Wildman–Crippen LogP) is 1.47. The Hall–Kier alpha value is 0.0800. The van der Waals surface area contributed by atoms with E-state index in [1.165, 1.54) is 12.8 Å². The molecule has 0 rings (SSSR count). The van der Waals surface area contributed by atoms with Crippen LogP contribution in [0.2, 0.25) is 0 Å². The van der Waals surface area contributed by atoms with Gasteiger partial charge in [0.2, 0.25) is 5.91 Å². The summed E-state index contributed by atoms with van der Waals surface area (Å²) in [5, 5.41) is 29.3. The van der Waals surface area contributed by atoms with E-state index in [0.717, 1.165) is 5.92 Å². The van der Waals surface area contributed by atoms with E-state index in [1.54, 1.807) is 13.8 Å². The van der Waals surface area contributed by atoms with E-state index >= 15 is 0 Å². The Labute approximate surface area is 136 Å². The molecule has 6 heteroatoms. The maximum Gasteiger partial charge on any atom is 0.236 e. The van der Waals surface area contributed by atoms with Crippen LogP contribution in [0.1, 0.15) is 47.5 Å². The van der Waals surface area contributed by atoms with Crippen LogP contribution < -0.4 is 5.32 Å². The molecule has 0 spiro atoms. The minimum atomic E-state index is -1.33. The van der Waals surface area contributed by atoms with Gasteiger partial charge in [0, 0.05) is 0 Å². The Morgan fingerprint density at radius 1 is 1.15 bits per heavy atom. The largest absolute Gasteiger partial charge is 0.394 e. The molecule has 0 aliphatic rings. The van der Waals surface area contributed by atoms with Crippen LogP contribution in [0.3, 0.4) is 0 Å². The molecule has 0 aromatic rings. The zero-order valence-electron chi connectivity index (χ0n) is 13.2. The van der Waals surface area contributed by atoms with Gasteiger partial charge in [-0.3, -0.25) is 4.79 Å². The molecule has 0 aromatic carbocycles. The molecule has 0 heterocycles. The van der Waals surface area contributed by atoms with Gasteiger partial charge in [0.1, 0.15) is 5.54 Å². The Morgan fingerprint density at radius 3 is 1.70 bits per heavy atom. The molecule has 20 heavy (non-hydrogen) atoms. The topological polar surface area (TPSA) is 89.8 Å². The SMILES string of the molecule is CC(C)(I)C(=O)NC(CO)(CO)CO.CCCC(C)C. The summed E-state index contributed by atoms with van der Waals surface area (Å²) in [7, 11) is 0. The highest BCUT2D eigenvalue weighted by atomic mass is 127. The van der Waals surface area contributed by atoms with Gasteiger partial charge in [-0.2, -0.15) is 0 Å². The number of aliphatic hydroxyl groups is 3. The highest BCUT2D eigenvalue weighted by Gasteiger charge is 2.34. The van der Waals surface area contributed by atoms with E-state index in [1.807, 2.05) is 22.6 Å². The molecule has 0 aliphatic carbocycles. The highest BCUT2D eigenvalue weighted by Crippen LogP contribution is 2.18. The minimum Gasteiger partial charge on any atom is -0.394 e. The number of hydrogen-bond acceptors (Lipinski definition) is 4. The van der Waals surface area contributed by atoms with Gasteiger partial charge in [0.15, 0.2) is 0 Å². The fourth-order valence-corrected chi connectivity index (χ4v) is 1.37. The second kappa shape index (κ2) is 10.8. The van der Waals surface area contributed by atoms with Gasteiger partial charge in [0.05, 0.1) is 23.2 Å². The number of carbonyl (C=O) groups is 1. The maximum absolute atomic E-state index is 11.5. The van der Waals surface area contributed by atoms with Gasteiger partial charge in [-0.25, -0.2) is 0 Å². The average molecular weight is 403 g/mol. The average Bonchev–Trinajstić information content (AvgIpc) is 2.35. The third-order valence-electron chi connectivity index (χ3n) is 2.69. The van der Waals surface area contributed by atoms with Crippen molar-refractivity contribution in [3.05, 3.63) is 0 Å². The Balaban J connectivity index is 0. The predicted molar refractivity (Wildman–Crippen MR) is 90.0 cm³/mol. The van der Waals surface area contributed by atoms with Crippen LogP contribution in [0.5, 0.6) is 0 Å². The van der Waals surface area contributed by atoms with Crippen LogP contribution in [-0.4, -0.2) is 50.0 Å². The van der Waals surface area contributed by atoms with Gasteiger partial charge in [-0.15, -0.1) is 0 Å². The number of alkyl halides is 1. The molecular formula is C14H30INO4. The molecule has 0 saturated carbocycles. The van der Waals surface area contributed by atoms with Crippen molar-refractivity contribution in [1.29, 1.82) is 0 Å². The first-order chi connectivity index (χ1) is 9.08. The fraction of sp³-hybridized carbons (Fsp3) is 0.929. The second-order valence-electron chi connectivity index (χ2n) is 5.86. The molecule has 0 unspecified atom stereocenters. The lowest BCUT2D eigenvalue weighted by molar-refractivity contribution is -0.126. The number of rotatable bonds is 7. The summed E-state index contributed by atoms with van der Waals surface area (Å²) in [5.74, 6) is 0.560. The maximum atomic E-state index is 11.5. The smallest absolute Gasteiger partial charge is 0.236 e. The molecule has 0 atom stereocenters. The standard InChI is InChI=1S/C8H16INO4.C6H14/c1-7(2,9)6(14)10-8(3-11,4-12)5-13;1-4-5-6(2)3/h11-13H,3-5H2,1-2H3,(H,10,14);6H,4-5H2,1-3H3. The summed E-state index contributed by atoms with van der Waals surface area (Å²) in [5.41, 5.74) is -1.33. The lowest BCUT2D eigenvalue weighted by Crippen LogP contribution is -2.59. The molecule has 0 fully saturated rings. The number of nitrogens with one attached hydrogen (secondary N) is 1. The number of carbonyl (C=O) groups excluding carboxylic acids is 1. The number of aliphatic hydroxyl groups excluding tert-OH is 3. The molecule has 0 aromatic heterocycles. The molecule has 1 amide bonds. The van der Waals surface area contributed by atoms with E-state index in [9.17, 15) is 4.79 Å². The van der Waals surface area contributed by atoms with Crippen molar-refractivity contribution in [2.45, 2.75) is 56.4 Å². The van der Waals surface area contributed by atoms with Crippen molar-refractivity contribution in [2.75, 3.05) is 19.8 Å². The molecule has 0 saturated heterocycles. The lowest BCUT2D eigenvalue weighted by atomic mass is 10.0. The first kappa shape index (κ1) is 22.4. The van der Waals surface area contributed by atoms with Gasteiger partial charge in [0.25, 0.3) is 0 Å². The zero-order valence-corrected chi connectivity index (χ0v) is 15.4. The van der Waals surface area contributed by atoms with Crippen molar-refractivity contribution in [1.82, 2.24) is 5.32 Å². The van der Waals surface area contributed by atoms with Crippen LogP contribution in [0.4, 0.5) is 0 Å². The molecule has 4 N–H and O–H groups in total. The van der Waals surface area contributed by atoms with E-state index in [4.69, 9.17) is 15.3 Å². The fourth-order valence-electron chi connectivity index (χ4n) is 1.24. The Bertz CT molecular complexity index is 252. The minimum absolute atomic E-state index is 0.338. The summed E-state index contributed by atoms with van der Waals surface area (Å²) < 4.78 is -0.650. The van der Waals surface area contributed by atoms with Gasteiger partial charge in [-0.1, -0.05) is 56.2 Å². The van der Waals surface area contributed by atoms with Crippen molar-refractivity contribution in [2.24, 2.45) is 5.92 Å². The van der Waals surface area contributed by atoms with Crippen molar-refractivity contribution >= 4 is 28.5 Å². The first-order valence-corrected chi connectivity index (χ1v) is 8.00. The molecule has 0 radical (unpaired) electrons. The molecule has 0 aliphatic heterocycles. The van der Waals surface area contributed by atoms with Crippen LogP contribution >= 0.6 is 22.6 Å². The van der Waals surface area contributed by atoms with Gasteiger partial charge in [-0.05, 0) is 19.8 Å². The molecular weight excluding hydrogens is 373 g/mol. The molecule has 5 nitrogen and oxygen atoms in total. The normalized spacial score (nSPS) is 11.9. The van der Waals surface area contributed by atoms with Crippen LogP contribution in [0.15, 0.2) is 0 Å². The lowest BCUT2D eigenvalue weighted by Gasteiger charge is -2.31. The monoisotopic (exact) mass is 403 g/mol. The second-order valence-corrected chi connectivity index (χ2v) is 8.56. The quantitative estimate of drug-likeness (QED) is 0.383. The van der Waals surface area contributed by atoms with E-state index in [2.05, 4.69) is 26.1 Å². The number of hydrogen-bond donors (Lipinski definition) is 4. The summed E-state index contributed by atoms with van der Waals surface area (Å²) >= 11 is 1.93. The van der Waals surface area contributed by atoms with Crippen LogP contribution in [0.25, 0.3) is 0 Å². The summed E-state index contributed by atoms with van der Waals surface area (Å²) in [6, 6.07) is 0. The summed E-state index contributed by atoms with van der Waals surface area (Å²) in [6.45, 7) is 8.61. The van der Waals surface area contributed by atoms with Crippen molar-refractivity contribution in [3.63, 3.8) is 0 Å². The summed E-state index contributed by atoms with van der Waals surface area (Å²) in [6.07, 6.45) is 2.71. The third kappa shape index (κ3) is 9.90. The first-order valence-electron chi connectivity index (χ1n) is 6.92.